The predicted octanol–water partition coefficient (Wildman–Crippen LogP) is 11.7. The summed E-state index contributed by atoms with van der Waals surface area (Å²) in [6.07, 6.45) is 49.8. The largest absolute Gasteiger partial charge is 0.466 e. The van der Waals surface area contributed by atoms with Crippen LogP contribution in [0.5, 0.6) is 0 Å². The highest BCUT2D eigenvalue weighted by Crippen LogP contribution is 2.22. The molecule has 7 atom stereocenters. The summed E-state index contributed by atoms with van der Waals surface area (Å²) < 4.78 is 16.6. The van der Waals surface area contributed by atoms with Crippen molar-refractivity contribution in [2.75, 3.05) is 19.8 Å². The summed E-state index contributed by atoms with van der Waals surface area (Å²) in [4.78, 5) is 25.0. The van der Waals surface area contributed by atoms with Gasteiger partial charge in [0.25, 0.3) is 0 Å². The Bertz CT molecular complexity index is 1360. The monoisotopic (exact) mass is 958 g/mol. The van der Waals surface area contributed by atoms with Crippen molar-refractivity contribution in [3.63, 3.8) is 0 Å². The third-order valence-corrected chi connectivity index (χ3v) is 12.3. The van der Waals surface area contributed by atoms with Gasteiger partial charge in [-0.1, -0.05) is 164 Å². The maximum Gasteiger partial charge on any atom is 0.305 e. The molecule has 11 heteroatoms. The fourth-order valence-electron chi connectivity index (χ4n) is 7.85. The third kappa shape index (κ3) is 36.1. The molecule has 6 N–H and O–H groups in total. The first-order valence-electron chi connectivity index (χ1n) is 27.2. The summed E-state index contributed by atoms with van der Waals surface area (Å²) in [6, 6.07) is -0.853. The number of amides is 1. The van der Waals surface area contributed by atoms with Crippen LogP contribution in [0.4, 0.5) is 0 Å². The van der Waals surface area contributed by atoms with Crippen molar-refractivity contribution in [2.24, 2.45) is 0 Å². The van der Waals surface area contributed by atoms with Crippen LogP contribution in [-0.4, -0.2) is 100 Å². The molecule has 0 aromatic rings. The average molecular weight is 958 g/mol. The zero-order valence-electron chi connectivity index (χ0n) is 42.8. The fraction of sp³-hybridized carbons (Fsp3) is 0.754. The van der Waals surface area contributed by atoms with Crippen LogP contribution < -0.4 is 5.32 Å². The van der Waals surface area contributed by atoms with Crippen LogP contribution in [0.3, 0.4) is 0 Å². The van der Waals surface area contributed by atoms with Gasteiger partial charge < -0.3 is 45.1 Å². The molecule has 0 radical (unpaired) electrons. The minimum atomic E-state index is -1.59. The van der Waals surface area contributed by atoms with Crippen LogP contribution in [-0.2, 0) is 23.8 Å². The molecule has 7 unspecified atom stereocenters. The molecule has 1 saturated heterocycles. The van der Waals surface area contributed by atoms with E-state index in [0.29, 0.717) is 32.3 Å². The summed E-state index contributed by atoms with van der Waals surface area (Å²) >= 11 is 0. The molecule has 0 saturated carbocycles. The molecular formula is C57H99NO10. The van der Waals surface area contributed by atoms with Gasteiger partial charge in [-0.05, 0) is 109 Å². The van der Waals surface area contributed by atoms with Gasteiger partial charge in [-0.2, -0.15) is 0 Å². The van der Waals surface area contributed by atoms with Crippen molar-refractivity contribution in [2.45, 2.75) is 256 Å². The van der Waals surface area contributed by atoms with Crippen LogP contribution in [0.15, 0.2) is 72.9 Å². The predicted molar refractivity (Wildman–Crippen MR) is 278 cm³/mol. The Balaban J connectivity index is 2.24. The lowest BCUT2D eigenvalue weighted by atomic mass is 9.99. The summed E-state index contributed by atoms with van der Waals surface area (Å²) in [5.41, 5.74) is 0. The van der Waals surface area contributed by atoms with Gasteiger partial charge in [0, 0.05) is 12.8 Å². The summed E-state index contributed by atoms with van der Waals surface area (Å²) in [6.45, 7) is 4.16. The van der Waals surface area contributed by atoms with E-state index >= 15 is 0 Å². The Morgan fingerprint density at radius 3 is 1.59 bits per heavy atom. The molecule has 1 amide bonds. The summed E-state index contributed by atoms with van der Waals surface area (Å²) in [7, 11) is 0. The number of hydrogen-bond acceptors (Lipinski definition) is 10. The number of nitrogens with one attached hydrogen (secondary N) is 1. The van der Waals surface area contributed by atoms with E-state index < -0.39 is 49.5 Å². The lowest BCUT2D eigenvalue weighted by Gasteiger charge is -2.40. The SMILES string of the molecule is CCCC/C=C\CCCCCCCC(=O)OCCCCC/C=C\C=C/CCCCCCCCC(=O)NC(COC1OC(CO)C(O)C(O)C1O)C(O)/C=C/CC/C=C/CC/C=C/CCCCCC. The lowest BCUT2D eigenvalue weighted by molar-refractivity contribution is -0.302. The first kappa shape index (κ1) is 63.1. The van der Waals surface area contributed by atoms with E-state index in [-0.39, 0.29) is 18.5 Å². The second-order valence-corrected chi connectivity index (χ2v) is 18.6. The molecule has 0 bridgehead atoms. The molecule has 0 aromatic carbocycles. The number of carbonyl (C=O) groups is 2. The molecule has 0 aliphatic carbocycles. The van der Waals surface area contributed by atoms with Crippen molar-refractivity contribution in [1.82, 2.24) is 5.32 Å². The lowest BCUT2D eigenvalue weighted by Crippen LogP contribution is -2.60. The summed E-state index contributed by atoms with van der Waals surface area (Å²) in [5, 5.41) is 54.3. The number of unbranched alkanes of at least 4 members (excludes halogenated alkanes) is 22. The zero-order valence-corrected chi connectivity index (χ0v) is 42.8. The molecule has 1 heterocycles. The van der Waals surface area contributed by atoms with E-state index in [4.69, 9.17) is 14.2 Å². The van der Waals surface area contributed by atoms with E-state index in [1.807, 2.05) is 6.08 Å². The number of esters is 1. The molecule has 0 spiro atoms. The highest BCUT2D eigenvalue weighted by molar-refractivity contribution is 5.76. The van der Waals surface area contributed by atoms with E-state index in [2.05, 4.69) is 79.9 Å². The number of ether oxygens (including phenoxy) is 3. The molecule has 392 valence electrons. The van der Waals surface area contributed by atoms with Crippen molar-refractivity contribution >= 4 is 11.9 Å². The Morgan fingerprint density at radius 1 is 0.544 bits per heavy atom. The van der Waals surface area contributed by atoms with Gasteiger partial charge in [-0.25, -0.2) is 0 Å². The molecule has 1 rings (SSSR count). The van der Waals surface area contributed by atoms with Crippen LogP contribution in [0, 0.1) is 0 Å². The van der Waals surface area contributed by atoms with Crippen molar-refractivity contribution in [3.05, 3.63) is 72.9 Å². The first-order valence-corrected chi connectivity index (χ1v) is 27.2. The number of aliphatic hydroxyl groups excluding tert-OH is 5. The standard InChI is InChI=1S/C57H99NO10/c1-3-5-7-9-11-13-15-16-20-24-27-31-35-39-43-50(60)49(48-67-57-56(65)55(64)54(63)51(47-59)68-57)58-52(61)44-40-36-32-28-25-21-18-17-19-22-26-30-34-38-42-46-66-53(62)45-41-37-33-29-23-14-12-10-8-6-4-2/h10,12-13,15,17,19,22,24,26-27,39,43,49-51,54-57,59-60,63-65H,3-9,11,14,16,18,20-21,23,25,28-38,40-42,44-48H2,1-2H3,(H,58,61)/b12-10-,15-13+,19-17-,26-22-,27-24+,43-39+. The van der Waals surface area contributed by atoms with Crippen LogP contribution in [0.1, 0.15) is 213 Å². The topological polar surface area (TPSA) is 175 Å². The maximum atomic E-state index is 13.0. The number of hydrogen-bond donors (Lipinski definition) is 6. The third-order valence-electron chi connectivity index (χ3n) is 12.3. The Labute approximate surface area is 413 Å². The van der Waals surface area contributed by atoms with Crippen molar-refractivity contribution < 1.29 is 49.3 Å². The Hall–Kier alpha value is -2.90. The molecular weight excluding hydrogens is 859 g/mol. The van der Waals surface area contributed by atoms with Gasteiger partial charge in [-0.15, -0.1) is 0 Å². The van der Waals surface area contributed by atoms with Crippen LogP contribution >= 0.6 is 0 Å². The quantitative estimate of drug-likeness (QED) is 0.0149. The van der Waals surface area contributed by atoms with E-state index in [1.54, 1.807) is 6.08 Å². The number of rotatable bonds is 45. The average Bonchev–Trinajstić information content (AvgIpc) is 3.33. The first-order chi connectivity index (χ1) is 33.2. The fourth-order valence-corrected chi connectivity index (χ4v) is 7.85. The van der Waals surface area contributed by atoms with Crippen LogP contribution in [0.2, 0.25) is 0 Å². The molecule has 11 nitrogen and oxygen atoms in total. The summed E-state index contributed by atoms with van der Waals surface area (Å²) in [5.74, 6) is -0.277. The minimum Gasteiger partial charge on any atom is -0.466 e. The number of allylic oxidation sites excluding steroid dienone is 11. The van der Waals surface area contributed by atoms with Gasteiger partial charge >= 0.3 is 5.97 Å². The molecule has 0 aromatic heterocycles. The van der Waals surface area contributed by atoms with Gasteiger partial charge in [0.1, 0.15) is 24.4 Å². The van der Waals surface area contributed by atoms with Crippen LogP contribution in [0.25, 0.3) is 0 Å². The molecule has 1 aliphatic rings. The molecule has 1 fully saturated rings. The number of carbonyl (C=O) groups excluding carboxylic acids is 2. The molecule has 68 heavy (non-hydrogen) atoms. The maximum absolute atomic E-state index is 13.0. The van der Waals surface area contributed by atoms with Crippen molar-refractivity contribution in [3.8, 4) is 0 Å². The van der Waals surface area contributed by atoms with Crippen molar-refractivity contribution in [1.29, 1.82) is 0 Å². The highest BCUT2D eigenvalue weighted by atomic mass is 16.7. The minimum absolute atomic E-state index is 0.0548. The Morgan fingerprint density at radius 2 is 1.01 bits per heavy atom. The van der Waals surface area contributed by atoms with E-state index in [9.17, 15) is 35.1 Å². The van der Waals surface area contributed by atoms with Gasteiger partial charge in [0.15, 0.2) is 6.29 Å². The second kappa shape index (κ2) is 46.5. The van der Waals surface area contributed by atoms with Gasteiger partial charge in [0.2, 0.25) is 5.91 Å². The molecule has 1 aliphatic heterocycles. The van der Waals surface area contributed by atoms with Gasteiger partial charge in [-0.3, -0.25) is 9.59 Å². The van der Waals surface area contributed by atoms with E-state index in [1.165, 1.54) is 70.6 Å². The Kier molecular flexibility index (Phi) is 43.1. The van der Waals surface area contributed by atoms with Gasteiger partial charge in [0.05, 0.1) is 32.0 Å². The highest BCUT2D eigenvalue weighted by Gasteiger charge is 2.44. The normalized spacial score (nSPS) is 20.0. The zero-order chi connectivity index (χ0) is 49.6. The smallest absolute Gasteiger partial charge is 0.305 e. The number of aliphatic hydroxyl groups is 5. The van der Waals surface area contributed by atoms with E-state index in [0.717, 1.165) is 103 Å². The second-order valence-electron chi connectivity index (χ2n) is 18.6.